The van der Waals surface area contributed by atoms with Crippen molar-refractivity contribution in [2.45, 2.75) is 13.5 Å². The highest BCUT2D eigenvalue weighted by atomic mass is 16.3. The second-order valence-corrected chi connectivity index (χ2v) is 7.95. The second kappa shape index (κ2) is 9.56. The zero-order valence-electron chi connectivity index (χ0n) is 19.0. The summed E-state index contributed by atoms with van der Waals surface area (Å²) in [6, 6.07) is 25.6. The number of amides is 3. The number of hydrogen-bond donors (Lipinski definition) is 3. The second-order valence-electron chi connectivity index (χ2n) is 7.95. The van der Waals surface area contributed by atoms with E-state index in [4.69, 9.17) is 4.42 Å². The molecule has 2 heterocycles. The Bertz CT molecular complexity index is 1470. The van der Waals surface area contributed by atoms with Crippen molar-refractivity contribution < 1.29 is 14.0 Å². The summed E-state index contributed by atoms with van der Waals surface area (Å²) in [6.45, 7) is 2.24. The van der Waals surface area contributed by atoms with E-state index in [1.165, 1.54) is 0 Å². The molecule has 8 nitrogen and oxygen atoms in total. The Kier molecular flexibility index (Phi) is 6.00. The molecule has 0 atom stereocenters. The first kappa shape index (κ1) is 22.0. The van der Waals surface area contributed by atoms with Gasteiger partial charge in [-0.05, 0) is 73.7 Å². The van der Waals surface area contributed by atoms with Crippen LogP contribution in [0.2, 0.25) is 0 Å². The number of fused-ring (bicyclic) bond motifs is 1. The topological polar surface area (TPSA) is 101 Å². The van der Waals surface area contributed by atoms with E-state index in [9.17, 15) is 9.59 Å². The molecule has 2 aromatic heterocycles. The third-order valence-corrected chi connectivity index (χ3v) is 5.50. The van der Waals surface area contributed by atoms with Crippen LogP contribution in [-0.4, -0.2) is 21.5 Å². The van der Waals surface area contributed by atoms with Crippen molar-refractivity contribution >= 4 is 34.3 Å². The predicted molar refractivity (Wildman–Crippen MR) is 135 cm³/mol. The molecule has 3 aromatic carbocycles. The van der Waals surface area contributed by atoms with E-state index in [2.05, 4.69) is 25.5 Å². The molecule has 0 radical (unpaired) electrons. The van der Waals surface area contributed by atoms with Crippen LogP contribution in [0.25, 0.3) is 16.7 Å². The smallest absolute Gasteiger partial charge is 0.319 e. The van der Waals surface area contributed by atoms with Crippen LogP contribution in [0.1, 0.15) is 21.9 Å². The quantitative estimate of drug-likeness (QED) is 0.308. The molecule has 5 rings (SSSR count). The van der Waals surface area contributed by atoms with Gasteiger partial charge >= 0.3 is 6.03 Å². The maximum atomic E-state index is 12.8. The zero-order valence-corrected chi connectivity index (χ0v) is 19.0. The number of para-hydroxylation sites is 1. The lowest BCUT2D eigenvalue weighted by Gasteiger charge is -2.09. The fourth-order valence-corrected chi connectivity index (χ4v) is 3.84. The number of benzene rings is 3. The average Bonchev–Trinajstić information content (AvgIpc) is 3.51. The van der Waals surface area contributed by atoms with Crippen molar-refractivity contribution in [1.29, 1.82) is 0 Å². The van der Waals surface area contributed by atoms with Crippen LogP contribution in [-0.2, 0) is 6.54 Å². The predicted octanol–water partition coefficient (Wildman–Crippen LogP) is 5.50. The number of urea groups is 1. The number of rotatable bonds is 6. The first-order valence-electron chi connectivity index (χ1n) is 11.1. The van der Waals surface area contributed by atoms with Crippen LogP contribution in [0, 0.1) is 6.92 Å². The van der Waals surface area contributed by atoms with E-state index in [0.29, 0.717) is 29.2 Å². The molecule has 0 aliphatic rings. The highest BCUT2D eigenvalue weighted by molar-refractivity contribution is 6.06. The van der Waals surface area contributed by atoms with E-state index in [-0.39, 0.29) is 11.9 Å². The number of imidazole rings is 1. The van der Waals surface area contributed by atoms with Gasteiger partial charge in [0, 0.05) is 22.6 Å². The summed E-state index contributed by atoms with van der Waals surface area (Å²) in [6.07, 6.45) is 1.55. The van der Waals surface area contributed by atoms with Crippen molar-refractivity contribution in [1.82, 2.24) is 14.9 Å². The summed E-state index contributed by atoms with van der Waals surface area (Å²) in [4.78, 5) is 29.5. The number of anilines is 2. The highest BCUT2D eigenvalue weighted by Gasteiger charge is 2.13. The number of nitrogens with zero attached hydrogens (tertiary/aromatic N) is 2. The van der Waals surface area contributed by atoms with Crippen LogP contribution in [0.15, 0.2) is 95.6 Å². The SMILES string of the molecule is Cc1nc2cc(C(=O)Nc3ccc(NC(=O)NCc4ccco4)cc3)ccc2n1-c1ccccc1. The molecule has 174 valence electrons. The van der Waals surface area contributed by atoms with E-state index in [1.54, 1.807) is 54.8 Å². The molecule has 3 N–H and O–H groups in total. The molecule has 0 bridgehead atoms. The molecule has 0 aliphatic carbocycles. The molecule has 0 fully saturated rings. The summed E-state index contributed by atoms with van der Waals surface area (Å²) in [5.74, 6) is 1.27. The Morgan fingerprint density at radius 3 is 2.34 bits per heavy atom. The van der Waals surface area contributed by atoms with E-state index in [0.717, 1.165) is 22.5 Å². The standard InChI is InChI=1S/C27H23N5O3/c1-18-29-24-16-19(9-14-25(24)32(18)22-6-3-2-4-7-22)26(33)30-20-10-12-21(13-11-20)31-27(34)28-17-23-8-5-15-35-23/h2-16H,17H2,1H3,(H,30,33)(H2,28,31,34). The number of furan rings is 1. The molecular formula is C27H23N5O3. The van der Waals surface area contributed by atoms with Gasteiger partial charge in [0.2, 0.25) is 0 Å². The molecule has 0 spiro atoms. The molecular weight excluding hydrogens is 442 g/mol. The van der Waals surface area contributed by atoms with Gasteiger partial charge in [0.05, 0.1) is 23.8 Å². The van der Waals surface area contributed by atoms with Gasteiger partial charge in [-0.15, -0.1) is 0 Å². The molecule has 0 saturated heterocycles. The third-order valence-electron chi connectivity index (χ3n) is 5.50. The Morgan fingerprint density at radius 2 is 1.63 bits per heavy atom. The van der Waals surface area contributed by atoms with Crippen LogP contribution < -0.4 is 16.0 Å². The van der Waals surface area contributed by atoms with Crippen LogP contribution in [0.5, 0.6) is 0 Å². The first-order chi connectivity index (χ1) is 17.1. The Balaban J connectivity index is 1.24. The molecule has 0 aliphatic heterocycles. The lowest BCUT2D eigenvalue weighted by Crippen LogP contribution is -2.27. The van der Waals surface area contributed by atoms with E-state index >= 15 is 0 Å². The van der Waals surface area contributed by atoms with Crippen LogP contribution >= 0.6 is 0 Å². The summed E-state index contributed by atoms with van der Waals surface area (Å²) >= 11 is 0. The Morgan fingerprint density at radius 1 is 0.886 bits per heavy atom. The minimum Gasteiger partial charge on any atom is -0.467 e. The van der Waals surface area contributed by atoms with Gasteiger partial charge in [-0.1, -0.05) is 18.2 Å². The fourth-order valence-electron chi connectivity index (χ4n) is 3.84. The molecule has 0 unspecified atom stereocenters. The van der Waals surface area contributed by atoms with Crippen molar-refractivity contribution in [3.05, 3.63) is 108 Å². The van der Waals surface area contributed by atoms with Gasteiger partial charge < -0.3 is 20.4 Å². The van der Waals surface area contributed by atoms with Crippen molar-refractivity contribution in [2.75, 3.05) is 10.6 Å². The van der Waals surface area contributed by atoms with Gasteiger partial charge in [0.15, 0.2) is 0 Å². The number of carbonyl (C=O) groups is 2. The van der Waals surface area contributed by atoms with E-state index in [1.807, 2.05) is 43.3 Å². The van der Waals surface area contributed by atoms with Gasteiger partial charge in [-0.3, -0.25) is 9.36 Å². The maximum Gasteiger partial charge on any atom is 0.319 e. The first-order valence-corrected chi connectivity index (χ1v) is 11.1. The fraction of sp³-hybridized carbons (Fsp3) is 0.0741. The molecule has 5 aromatic rings. The number of nitrogens with one attached hydrogen (secondary N) is 3. The van der Waals surface area contributed by atoms with Gasteiger partial charge in [-0.25, -0.2) is 9.78 Å². The lowest BCUT2D eigenvalue weighted by molar-refractivity contribution is 0.102. The number of aryl methyl sites for hydroxylation is 1. The summed E-state index contributed by atoms with van der Waals surface area (Å²) < 4.78 is 7.25. The Labute approximate surface area is 201 Å². The largest absolute Gasteiger partial charge is 0.467 e. The van der Waals surface area contributed by atoms with Gasteiger partial charge in [0.1, 0.15) is 11.6 Å². The van der Waals surface area contributed by atoms with Gasteiger partial charge in [-0.2, -0.15) is 0 Å². The van der Waals surface area contributed by atoms with Crippen molar-refractivity contribution in [2.24, 2.45) is 0 Å². The summed E-state index contributed by atoms with van der Waals surface area (Å²) in [5.41, 5.74) is 4.43. The number of aromatic nitrogens is 2. The summed E-state index contributed by atoms with van der Waals surface area (Å²) in [7, 11) is 0. The highest BCUT2D eigenvalue weighted by Crippen LogP contribution is 2.23. The van der Waals surface area contributed by atoms with Crippen LogP contribution in [0.3, 0.4) is 0 Å². The lowest BCUT2D eigenvalue weighted by atomic mass is 10.1. The van der Waals surface area contributed by atoms with E-state index < -0.39 is 0 Å². The molecule has 35 heavy (non-hydrogen) atoms. The molecule has 0 saturated carbocycles. The molecule has 3 amide bonds. The van der Waals surface area contributed by atoms with Gasteiger partial charge in [0.25, 0.3) is 5.91 Å². The maximum absolute atomic E-state index is 12.8. The number of hydrogen-bond acceptors (Lipinski definition) is 4. The van der Waals surface area contributed by atoms with Crippen molar-refractivity contribution in [3.63, 3.8) is 0 Å². The minimum absolute atomic E-state index is 0.240. The average molecular weight is 466 g/mol. The monoisotopic (exact) mass is 465 g/mol. The molecule has 8 heteroatoms. The van der Waals surface area contributed by atoms with Crippen LogP contribution in [0.4, 0.5) is 16.2 Å². The normalized spacial score (nSPS) is 10.8. The zero-order chi connectivity index (χ0) is 24.2. The van der Waals surface area contributed by atoms with Crippen molar-refractivity contribution in [3.8, 4) is 5.69 Å². The number of carbonyl (C=O) groups excluding carboxylic acids is 2. The Hall–Kier alpha value is -4.85. The third kappa shape index (κ3) is 4.91. The minimum atomic E-state index is -0.350. The summed E-state index contributed by atoms with van der Waals surface area (Å²) in [5, 5.41) is 8.34.